The Kier molecular flexibility index (Phi) is 13.8. The van der Waals surface area contributed by atoms with Crippen LogP contribution in [0.5, 0.6) is 5.75 Å². The van der Waals surface area contributed by atoms with Crippen LogP contribution in [0.4, 0.5) is 0 Å². The number of nitrogens with two attached hydrogens (primary N) is 1. The monoisotopic (exact) mass is 611 g/mol. The lowest BCUT2D eigenvalue weighted by atomic mass is 10.0. The summed E-state index contributed by atoms with van der Waals surface area (Å²) in [7, 11) is 0. The number of ether oxygens (including phenoxy) is 1. The van der Waals surface area contributed by atoms with Gasteiger partial charge >= 0.3 is 5.97 Å². The Hall–Kier alpha value is -4.45. The maximum absolute atomic E-state index is 13.4. The number of esters is 1. The van der Waals surface area contributed by atoms with Crippen molar-refractivity contribution in [2.45, 2.75) is 77.6 Å². The van der Waals surface area contributed by atoms with E-state index in [1.165, 1.54) is 12.1 Å². The minimum Gasteiger partial charge on any atom is -0.508 e. The molecule has 0 bridgehead atoms. The topological polar surface area (TPSA) is 189 Å². The number of carbonyl (C=O) groups excluding carboxylic acids is 5. The van der Waals surface area contributed by atoms with Gasteiger partial charge in [-0.3, -0.25) is 19.2 Å². The van der Waals surface area contributed by atoms with Crippen molar-refractivity contribution in [2.75, 3.05) is 13.1 Å². The van der Waals surface area contributed by atoms with Crippen LogP contribution < -0.4 is 27.0 Å². The Morgan fingerprint density at radius 2 is 1.36 bits per heavy atom. The fourth-order valence-electron chi connectivity index (χ4n) is 4.15. The van der Waals surface area contributed by atoms with E-state index in [1.54, 1.807) is 45.0 Å². The molecular formula is C32H45N5O7. The van der Waals surface area contributed by atoms with Gasteiger partial charge in [0.05, 0.1) is 19.1 Å². The molecule has 0 spiro atoms. The summed E-state index contributed by atoms with van der Waals surface area (Å²) < 4.78 is 5.50. The predicted molar refractivity (Wildman–Crippen MR) is 165 cm³/mol. The summed E-state index contributed by atoms with van der Waals surface area (Å²) in [5.74, 6) is -2.79. The summed E-state index contributed by atoms with van der Waals surface area (Å²) in [6.45, 7) is 8.20. The summed E-state index contributed by atoms with van der Waals surface area (Å²) >= 11 is 0. The van der Waals surface area contributed by atoms with Gasteiger partial charge < -0.3 is 36.8 Å². The molecule has 3 atom stereocenters. The Labute approximate surface area is 258 Å². The summed E-state index contributed by atoms with van der Waals surface area (Å²) in [6, 6.07) is 12.4. The summed E-state index contributed by atoms with van der Waals surface area (Å²) in [4.78, 5) is 63.6. The molecule has 0 unspecified atom stereocenters. The van der Waals surface area contributed by atoms with E-state index in [1.807, 2.05) is 32.0 Å². The highest BCUT2D eigenvalue weighted by molar-refractivity contribution is 5.93. The van der Waals surface area contributed by atoms with Crippen molar-refractivity contribution >= 4 is 29.6 Å². The minimum atomic E-state index is -1.04. The zero-order valence-electron chi connectivity index (χ0n) is 26.0. The van der Waals surface area contributed by atoms with Crippen molar-refractivity contribution in [3.63, 3.8) is 0 Å². The molecule has 2 aromatic carbocycles. The first-order chi connectivity index (χ1) is 20.6. The lowest BCUT2D eigenvalue weighted by Gasteiger charge is -2.27. The third-order valence-corrected chi connectivity index (χ3v) is 6.25. The third kappa shape index (κ3) is 13.7. The fraction of sp³-hybridized carbons (Fsp3) is 0.469. The van der Waals surface area contributed by atoms with Crippen LogP contribution in [0.15, 0.2) is 54.6 Å². The predicted octanol–water partition coefficient (Wildman–Crippen LogP) is 1.09. The van der Waals surface area contributed by atoms with Crippen LogP contribution in [-0.2, 0) is 41.6 Å². The van der Waals surface area contributed by atoms with Crippen molar-refractivity contribution in [1.29, 1.82) is 0 Å². The van der Waals surface area contributed by atoms with Gasteiger partial charge in [-0.25, -0.2) is 4.79 Å². The van der Waals surface area contributed by atoms with Gasteiger partial charge in [-0.2, -0.15) is 0 Å². The molecular weight excluding hydrogens is 566 g/mol. The maximum atomic E-state index is 13.4. The molecule has 0 heterocycles. The van der Waals surface area contributed by atoms with Gasteiger partial charge in [-0.15, -0.1) is 0 Å². The smallest absolute Gasteiger partial charge is 0.329 e. The van der Waals surface area contributed by atoms with Crippen molar-refractivity contribution in [3.05, 3.63) is 65.7 Å². The fourth-order valence-corrected chi connectivity index (χ4v) is 4.15. The van der Waals surface area contributed by atoms with Crippen LogP contribution in [-0.4, -0.2) is 71.5 Å². The quantitative estimate of drug-likeness (QED) is 0.161. The Bertz CT molecular complexity index is 1260. The third-order valence-electron chi connectivity index (χ3n) is 6.25. The first-order valence-corrected chi connectivity index (χ1v) is 14.6. The van der Waals surface area contributed by atoms with Crippen molar-refractivity contribution in [3.8, 4) is 5.75 Å². The number of rotatable bonds is 15. The van der Waals surface area contributed by atoms with Gasteiger partial charge in [-0.1, -0.05) is 56.3 Å². The van der Waals surface area contributed by atoms with Crippen LogP contribution in [0.2, 0.25) is 0 Å². The van der Waals surface area contributed by atoms with Crippen LogP contribution in [0.1, 0.15) is 52.2 Å². The highest BCUT2D eigenvalue weighted by atomic mass is 16.6. The largest absolute Gasteiger partial charge is 0.508 e. The molecule has 0 saturated heterocycles. The zero-order valence-corrected chi connectivity index (χ0v) is 26.0. The number of phenols is 1. The highest BCUT2D eigenvalue weighted by Gasteiger charge is 2.30. The molecule has 12 nitrogen and oxygen atoms in total. The second kappa shape index (κ2) is 17.0. The molecule has 12 heteroatoms. The van der Waals surface area contributed by atoms with E-state index in [0.717, 1.165) is 11.1 Å². The molecule has 0 aromatic heterocycles. The molecule has 0 saturated carbocycles. The Balaban J connectivity index is 1.96. The first kappa shape index (κ1) is 35.7. The molecule has 4 amide bonds. The molecule has 44 heavy (non-hydrogen) atoms. The lowest BCUT2D eigenvalue weighted by Crippen LogP contribution is -2.55. The first-order valence-electron chi connectivity index (χ1n) is 14.6. The number of phenolic OH excluding ortho intramolecular Hbond substituents is 1. The molecule has 2 rings (SSSR count). The number of carbonyl (C=O) groups is 5. The molecule has 0 aliphatic carbocycles. The van der Waals surface area contributed by atoms with Crippen molar-refractivity contribution < 1.29 is 33.8 Å². The SMILES string of the molecule is CC(C)C[C@H](NC(=O)[C@H](Cc1ccccc1)NC(=O)CNC(=O)CNC(=O)[C@@H](N)Cc1ccc(O)cc1)C(=O)OC(C)(C)C. The van der Waals surface area contributed by atoms with Crippen molar-refractivity contribution in [2.24, 2.45) is 11.7 Å². The van der Waals surface area contributed by atoms with E-state index in [-0.39, 0.29) is 24.5 Å². The van der Waals surface area contributed by atoms with Crippen LogP contribution >= 0.6 is 0 Å². The van der Waals surface area contributed by atoms with Gasteiger partial charge in [0.15, 0.2) is 0 Å². The summed E-state index contributed by atoms with van der Waals surface area (Å²) in [5, 5.41) is 19.6. The number of nitrogens with one attached hydrogen (secondary N) is 4. The molecule has 0 radical (unpaired) electrons. The molecule has 2 aromatic rings. The molecule has 240 valence electrons. The molecule has 7 N–H and O–H groups in total. The van der Waals surface area contributed by atoms with Crippen molar-refractivity contribution in [1.82, 2.24) is 21.3 Å². The number of benzene rings is 2. The average Bonchev–Trinajstić information content (AvgIpc) is 2.94. The number of hydrogen-bond acceptors (Lipinski definition) is 8. The number of hydrogen-bond donors (Lipinski definition) is 6. The molecule has 0 aliphatic heterocycles. The van der Waals surface area contributed by atoms with Crippen LogP contribution in [0, 0.1) is 5.92 Å². The van der Waals surface area contributed by atoms with E-state index in [0.29, 0.717) is 6.42 Å². The second-order valence-electron chi connectivity index (χ2n) is 12.0. The van der Waals surface area contributed by atoms with Crippen LogP contribution in [0.3, 0.4) is 0 Å². The standard InChI is InChI=1S/C32H45N5O7/c1-20(2)15-26(31(43)44-32(3,4)5)37-30(42)25(17-21-9-7-6-8-10-21)36-28(40)19-34-27(39)18-35-29(41)24(33)16-22-11-13-23(38)14-12-22/h6-14,20,24-26,38H,15-19,33H2,1-5H3,(H,34,39)(H,35,41)(H,36,40)(H,37,42)/t24-,25-,26-/m0/s1. The van der Waals surface area contributed by atoms with Gasteiger partial charge in [0.1, 0.15) is 23.4 Å². The maximum Gasteiger partial charge on any atom is 0.329 e. The highest BCUT2D eigenvalue weighted by Crippen LogP contribution is 2.14. The van der Waals surface area contributed by atoms with E-state index in [4.69, 9.17) is 10.5 Å². The zero-order chi connectivity index (χ0) is 32.9. The Morgan fingerprint density at radius 1 is 0.773 bits per heavy atom. The van der Waals surface area contributed by atoms with Gasteiger partial charge in [0, 0.05) is 6.42 Å². The minimum absolute atomic E-state index is 0.0769. The summed E-state index contributed by atoms with van der Waals surface area (Å²) in [5.41, 5.74) is 6.69. The number of aromatic hydroxyl groups is 1. The van der Waals surface area contributed by atoms with E-state index >= 15 is 0 Å². The van der Waals surface area contributed by atoms with Gasteiger partial charge in [0.25, 0.3) is 0 Å². The van der Waals surface area contributed by atoms with Gasteiger partial charge in [-0.05, 0) is 62.8 Å². The average molecular weight is 612 g/mol. The normalized spacial score (nSPS) is 13.2. The Morgan fingerprint density at radius 3 is 1.95 bits per heavy atom. The van der Waals surface area contributed by atoms with E-state index < -0.39 is 66.4 Å². The van der Waals surface area contributed by atoms with E-state index in [9.17, 15) is 29.1 Å². The lowest BCUT2D eigenvalue weighted by molar-refractivity contribution is -0.159. The second-order valence-corrected chi connectivity index (χ2v) is 12.0. The molecule has 0 fully saturated rings. The summed E-state index contributed by atoms with van der Waals surface area (Å²) in [6.07, 6.45) is 0.685. The number of amides is 4. The van der Waals surface area contributed by atoms with Crippen LogP contribution in [0.25, 0.3) is 0 Å². The molecule has 0 aliphatic rings. The van der Waals surface area contributed by atoms with Gasteiger partial charge in [0.2, 0.25) is 23.6 Å². The van der Waals surface area contributed by atoms with E-state index in [2.05, 4.69) is 21.3 Å².